The number of aromatic nitrogens is 2. The molecular weight excluding hydrogens is 180 g/mol. The lowest BCUT2D eigenvalue weighted by molar-refractivity contribution is -0.139. The number of rotatable bonds is 5. The normalized spacial score (nSPS) is 12.4. The standard InChI is InChI=1S/C10H14N2O2/c1-3-5-8(10(13)14)9-11-6-7-12(9)4-2/h4,6-8H,2-3,5H2,1H3,(H,13,14). The molecule has 4 heteroatoms. The highest BCUT2D eigenvalue weighted by atomic mass is 16.4. The van der Waals surface area contributed by atoms with Crippen molar-refractivity contribution in [3.63, 3.8) is 0 Å². The highest BCUT2D eigenvalue weighted by molar-refractivity contribution is 5.75. The first kappa shape index (κ1) is 10.5. The zero-order valence-corrected chi connectivity index (χ0v) is 8.18. The summed E-state index contributed by atoms with van der Waals surface area (Å²) in [5.41, 5.74) is 0. The smallest absolute Gasteiger partial charge is 0.314 e. The molecule has 1 rings (SSSR count). The average Bonchev–Trinajstić information content (AvgIpc) is 2.61. The fourth-order valence-electron chi connectivity index (χ4n) is 1.40. The number of aliphatic carboxylic acids is 1. The highest BCUT2D eigenvalue weighted by Crippen LogP contribution is 2.19. The third kappa shape index (κ3) is 2.02. The van der Waals surface area contributed by atoms with Gasteiger partial charge in [0.1, 0.15) is 11.7 Å². The molecule has 1 aromatic rings. The Labute approximate surface area is 82.9 Å². The summed E-state index contributed by atoms with van der Waals surface area (Å²) in [6.45, 7) is 5.55. The summed E-state index contributed by atoms with van der Waals surface area (Å²) >= 11 is 0. The molecule has 0 saturated carbocycles. The van der Waals surface area contributed by atoms with E-state index in [9.17, 15) is 4.79 Å². The summed E-state index contributed by atoms with van der Waals surface area (Å²) < 4.78 is 1.65. The predicted molar refractivity (Wildman–Crippen MR) is 53.9 cm³/mol. The lowest BCUT2D eigenvalue weighted by Gasteiger charge is -2.10. The van der Waals surface area contributed by atoms with Crippen molar-refractivity contribution in [2.75, 3.05) is 0 Å². The van der Waals surface area contributed by atoms with Crippen molar-refractivity contribution in [1.82, 2.24) is 9.55 Å². The van der Waals surface area contributed by atoms with Gasteiger partial charge in [-0.25, -0.2) is 4.98 Å². The Hall–Kier alpha value is -1.58. The largest absolute Gasteiger partial charge is 0.481 e. The van der Waals surface area contributed by atoms with E-state index in [0.29, 0.717) is 12.2 Å². The lowest BCUT2D eigenvalue weighted by Crippen LogP contribution is -2.15. The van der Waals surface area contributed by atoms with Crippen molar-refractivity contribution in [3.05, 3.63) is 24.8 Å². The first-order valence-electron chi connectivity index (χ1n) is 4.58. The highest BCUT2D eigenvalue weighted by Gasteiger charge is 2.22. The van der Waals surface area contributed by atoms with Gasteiger partial charge in [-0.2, -0.15) is 0 Å². The van der Waals surface area contributed by atoms with Crippen LogP contribution in [0.4, 0.5) is 0 Å². The van der Waals surface area contributed by atoms with Crippen LogP contribution < -0.4 is 0 Å². The van der Waals surface area contributed by atoms with Crippen molar-refractivity contribution in [1.29, 1.82) is 0 Å². The monoisotopic (exact) mass is 194 g/mol. The van der Waals surface area contributed by atoms with Gasteiger partial charge in [0.05, 0.1) is 0 Å². The van der Waals surface area contributed by atoms with E-state index in [2.05, 4.69) is 11.6 Å². The Balaban J connectivity index is 2.97. The number of hydrogen-bond donors (Lipinski definition) is 1. The number of carboxylic acids is 1. The SMILES string of the molecule is C=Cn1ccnc1C(CCC)C(=O)O. The first-order valence-corrected chi connectivity index (χ1v) is 4.58. The molecule has 1 N–H and O–H groups in total. The van der Waals surface area contributed by atoms with E-state index < -0.39 is 11.9 Å². The van der Waals surface area contributed by atoms with Gasteiger partial charge in [0, 0.05) is 18.6 Å². The maximum Gasteiger partial charge on any atom is 0.314 e. The van der Waals surface area contributed by atoms with Gasteiger partial charge in [0.25, 0.3) is 0 Å². The van der Waals surface area contributed by atoms with Crippen LogP contribution in [0.3, 0.4) is 0 Å². The van der Waals surface area contributed by atoms with Gasteiger partial charge in [0.2, 0.25) is 0 Å². The molecular formula is C10H14N2O2. The molecule has 76 valence electrons. The number of hydrogen-bond acceptors (Lipinski definition) is 2. The van der Waals surface area contributed by atoms with Crippen molar-refractivity contribution in [2.45, 2.75) is 25.7 Å². The molecule has 0 aliphatic rings. The zero-order valence-electron chi connectivity index (χ0n) is 8.18. The summed E-state index contributed by atoms with van der Waals surface area (Å²) in [5, 5.41) is 9.01. The van der Waals surface area contributed by atoms with Gasteiger partial charge in [-0.05, 0) is 6.42 Å². The van der Waals surface area contributed by atoms with E-state index in [1.165, 1.54) is 0 Å². The van der Waals surface area contributed by atoms with Gasteiger partial charge in [-0.15, -0.1) is 0 Å². The fraction of sp³-hybridized carbons (Fsp3) is 0.400. The third-order valence-electron chi connectivity index (χ3n) is 2.08. The third-order valence-corrected chi connectivity index (χ3v) is 2.08. The van der Waals surface area contributed by atoms with E-state index >= 15 is 0 Å². The van der Waals surface area contributed by atoms with Gasteiger partial charge in [-0.1, -0.05) is 19.9 Å². The summed E-state index contributed by atoms with van der Waals surface area (Å²) in [5.74, 6) is -0.816. The Bertz CT molecular complexity index is 331. The molecule has 0 fully saturated rings. The zero-order chi connectivity index (χ0) is 10.6. The molecule has 0 aliphatic carbocycles. The first-order chi connectivity index (χ1) is 6.70. The average molecular weight is 194 g/mol. The minimum Gasteiger partial charge on any atom is -0.481 e. The van der Waals surface area contributed by atoms with Gasteiger partial charge >= 0.3 is 5.97 Å². The van der Waals surface area contributed by atoms with Crippen LogP contribution in [0.1, 0.15) is 31.5 Å². The van der Waals surface area contributed by atoms with E-state index in [-0.39, 0.29) is 0 Å². The lowest BCUT2D eigenvalue weighted by atomic mass is 10.0. The maximum absolute atomic E-state index is 11.0. The molecule has 14 heavy (non-hydrogen) atoms. The van der Waals surface area contributed by atoms with Crippen molar-refractivity contribution in [2.24, 2.45) is 0 Å². The maximum atomic E-state index is 11.0. The van der Waals surface area contributed by atoms with Crippen LogP contribution in [-0.4, -0.2) is 20.6 Å². The summed E-state index contributed by atoms with van der Waals surface area (Å²) in [7, 11) is 0. The van der Waals surface area contributed by atoms with Gasteiger partial charge < -0.3 is 9.67 Å². The molecule has 4 nitrogen and oxygen atoms in total. The van der Waals surface area contributed by atoms with Crippen molar-refractivity contribution >= 4 is 12.2 Å². The van der Waals surface area contributed by atoms with Crippen LogP contribution in [-0.2, 0) is 4.79 Å². The second-order valence-corrected chi connectivity index (χ2v) is 3.05. The molecule has 1 aromatic heterocycles. The van der Waals surface area contributed by atoms with Crippen LogP contribution in [0, 0.1) is 0 Å². The molecule has 0 bridgehead atoms. The van der Waals surface area contributed by atoms with Crippen LogP contribution in [0.5, 0.6) is 0 Å². The van der Waals surface area contributed by atoms with Crippen molar-refractivity contribution in [3.8, 4) is 0 Å². The summed E-state index contributed by atoms with van der Waals surface area (Å²) in [6.07, 6.45) is 6.27. The van der Waals surface area contributed by atoms with Crippen LogP contribution in [0.2, 0.25) is 0 Å². The van der Waals surface area contributed by atoms with E-state index in [1.807, 2.05) is 6.92 Å². The van der Waals surface area contributed by atoms with E-state index in [4.69, 9.17) is 5.11 Å². The Morgan fingerprint density at radius 1 is 1.86 bits per heavy atom. The number of carboxylic acid groups (broad SMARTS) is 1. The molecule has 0 aromatic carbocycles. The number of imidazole rings is 1. The molecule has 0 spiro atoms. The van der Waals surface area contributed by atoms with Gasteiger partial charge in [-0.3, -0.25) is 4.79 Å². The van der Waals surface area contributed by atoms with Crippen molar-refractivity contribution < 1.29 is 9.90 Å². The van der Waals surface area contributed by atoms with Crippen LogP contribution in [0.15, 0.2) is 19.0 Å². The molecule has 0 amide bonds. The van der Waals surface area contributed by atoms with E-state index in [1.54, 1.807) is 23.2 Å². The molecule has 1 heterocycles. The summed E-state index contributed by atoms with van der Waals surface area (Å²) in [4.78, 5) is 15.0. The minimum absolute atomic E-state index is 0.534. The van der Waals surface area contributed by atoms with Crippen LogP contribution >= 0.6 is 0 Å². The molecule has 0 aliphatic heterocycles. The second-order valence-electron chi connectivity index (χ2n) is 3.05. The van der Waals surface area contributed by atoms with E-state index in [0.717, 1.165) is 6.42 Å². The summed E-state index contributed by atoms with van der Waals surface area (Å²) in [6, 6.07) is 0. The van der Waals surface area contributed by atoms with Crippen LogP contribution in [0.25, 0.3) is 6.20 Å². The Morgan fingerprint density at radius 2 is 2.57 bits per heavy atom. The van der Waals surface area contributed by atoms with Gasteiger partial charge in [0.15, 0.2) is 0 Å². The fourth-order valence-corrected chi connectivity index (χ4v) is 1.40. The predicted octanol–water partition coefficient (Wildman–Crippen LogP) is 1.95. The minimum atomic E-state index is -0.832. The number of carbonyl (C=O) groups is 1. The molecule has 1 atom stereocenters. The molecule has 0 radical (unpaired) electrons. The Kier molecular flexibility index (Phi) is 3.45. The second kappa shape index (κ2) is 4.60. The Morgan fingerprint density at radius 3 is 3.07 bits per heavy atom. The quantitative estimate of drug-likeness (QED) is 0.779. The molecule has 0 saturated heterocycles. The molecule has 1 unspecified atom stereocenters. The number of nitrogens with zero attached hydrogens (tertiary/aromatic N) is 2. The topological polar surface area (TPSA) is 55.1 Å².